The summed E-state index contributed by atoms with van der Waals surface area (Å²) in [6.45, 7) is 1.16. The first kappa shape index (κ1) is 31.2. The Bertz CT molecular complexity index is 1480. The van der Waals surface area contributed by atoms with Crippen molar-refractivity contribution < 1.29 is 58.2 Å². The summed E-state index contributed by atoms with van der Waals surface area (Å²) in [5.41, 5.74) is -3.30. The van der Waals surface area contributed by atoms with Gasteiger partial charge in [-0.2, -0.15) is 30.7 Å². The Morgan fingerprint density at radius 2 is 1.51 bits per heavy atom. The molecule has 1 atom stereocenters. The van der Waals surface area contributed by atoms with Crippen LogP contribution in [-0.2, 0) is 11.0 Å². The highest BCUT2D eigenvalue weighted by Crippen LogP contribution is 2.34. The number of allylic oxidation sites excluding steroid dienone is 1. The Balaban J connectivity index is 2.14. The third kappa shape index (κ3) is 7.86. The normalized spacial score (nSPS) is 13.0. The Kier molecular flexibility index (Phi) is 9.14. The number of halogens is 10. The number of alkyl halides is 7. The largest absolute Gasteiger partial charge is 0.461 e. The molecule has 0 aromatic heterocycles. The van der Waals surface area contributed by atoms with Crippen LogP contribution in [0.1, 0.15) is 45.6 Å². The van der Waals surface area contributed by atoms with Crippen molar-refractivity contribution >= 4 is 17.8 Å². The number of nitrogens with one attached hydrogen (secondary N) is 1. The predicted octanol–water partition coefficient (Wildman–Crippen LogP) is 7.48. The van der Waals surface area contributed by atoms with E-state index in [2.05, 4.69) is 10.1 Å². The van der Waals surface area contributed by atoms with Crippen molar-refractivity contribution in [1.29, 1.82) is 0 Å². The summed E-state index contributed by atoms with van der Waals surface area (Å²) in [6, 6.07) is 4.20. The molecule has 3 aromatic carbocycles. The molecule has 1 N–H and O–H groups in total. The van der Waals surface area contributed by atoms with E-state index in [-0.39, 0.29) is 17.2 Å². The number of hydrogen-bond acceptors (Lipinski definition) is 3. The molecule has 0 spiro atoms. The zero-order valence-corrected chi connectivity index (χ0v) is 20.5. The molecule has 0 saturated heterocycles. The number of benzene rings is 3. The van der Waals surface area contributed by atoms with E-state index in [0.717, 1.165) is 37.3 Å². The summed E-state index contributed by atoms with van der Waals surface area (Å²) in [7, 11) is 0. The smallest absolute Gasteiger partial charge is 0.428 e. The van der Waals surface area contributed by atoms with Gasteiger partial charge in [-0.25, -0.2) is 13.2 Å². The molecule has 0 aliphatic rings. The molecule has 0 saturated carbocycles. The van der Waals surface area contributed by atoms with Crippen molar-refractivity contribution in [3.05, 3.63) is 106 Å². The van der Waals surface area contributed by atoms with Crippen LogP contribution in [0.25, 0.3) is 6.08 Å². The van der Waals surface area contributed by atoms with Gasteiger partial charge in [0.25, 0.3) is 5.91 Å². The van der Waals surface area contributed by atoms with Crippen molar-refractivity contribution in [2.75, 3.05) is 0 Å². The molecule has 1 amide bonds. The Morgan fingerprint density at radius 3 is 2.12 bits per heavy atom. The molecule has 0 radical (unpaired) electrons. The zero-order chi connectivity index (χ0) is 30.7. The molecule has 41 heavy (non-hydrogen) atoms. The molecule has 0 aliphatic heterocycles. The van der Waals surface area contributed by atoms with Gasteiger partial charge in [0.05, 0.1) is 11.6 Å². The first-order valence-corrected chi connectivity index (χ1v) is 11.3. The maximum Gasteiger partial charge on any atom is 0.461 e. The van der Waals surface area contributed by atoms with Gasteiger partial charge < -0.3 is 10.1 Å². The van der Waals surface area contributed by atoms with Gasteiger partial charge in [0.2, 0.25) is 0 Å². The van der Waals surface area contributed by atoms with Gasteiger partial charge in [0.1, 0.15) is 23.2 Å². The Morgan fingerprint density at radius 1 is 0.854 bits per heavy atom. The third-order valence-corrected chi connectivity index (χ3v) is 5.40. The van der Waals surface area contributed by atoms with Crippen LogP contribution in [0.15, 0.2) is 60.7 Å². The van der Waals surface area contributed by atoms with E-state index in [1.54, 1.807) is 0 Å². The topological polar surface area (TPSA) is 55.4 Å². The predicted molar refractivity (Wildman–Crippen MR) is 125 cm³/mol. The molecular formula is C27H17F10NO3. The van der Waals surface area contributed by atoms with Crippen LogP contribution >= 0.6 is 0 Å². The van der Waals surface area contributed by atoms with Crippen molar-refractivity contribution in [2.24, 2.45) is 0 Å². The van der Waals surface area contributed by atoms with E-state index < -0.39 is 76.3 Å². The lowest BCUT2D eigenvalue weighted by molar-refractivity contribution is -0.253. The molecule has 4 nitrogen and oxygen atoms in total. The van der Waals surface area contributed by atoms with Gasteiger partial charge in [-0.3, -0.25) is 9.59 Å². The SMILES string of the molecule is CC(=O)/C=C/c1cc(C(NC(=O)c2ccc(F)c(C(F)(F)F)c2)c2cc(F)cc(OC(F)(F)C(F)F)c2)ccc1F. The fraction of sp³-hybridized carbons (Fsp3) is 0.185. The Labute approximate surface area is 225 Å². The minimum absolute atomic E-state index is 0.113. The van der Waals surface area contributed by atoms with Crippen LogP contribution in [0.2, 0.25) is 0 Å². The van der Waals surface area contributed by atoms with Crippen molar-refractivity contribution in [2.45, 2.75) is 31.7 Å². The highest BCUT2D eigenvalue weighted by Gasteiger charge is 2.44. The summed E-state index contributed by atoms with van der Waals surface area (Å²) in [5, 5.41) is 2.22. The maximum atomic E-state index is 14.4. The molecule has 3 aromatic rings. The van der Waals surface area contributed by atoms with Gasteiger partial charge in [-0.05, 0) is 72.7 Å². The number of carbonyl (C=O) groups is 2. The quantitative estimate of drug-likeness (QED) is 0.207. The molecule has 1 unspecified atom stereocenters. The molecule has 218 valence electrons. The molecule has 14 heteroatoms. The molecule has 0 heterocycles. The molecule has 0 bridgehead atoms. The van der Waals surface area contributed by atoms with E-state index >= 15 is 0 Å². The number of ketones is 1. The van der Waals surface area contributed by atoms with E-state index in [9.17, 15) is 53.5 Å². The second-order valence-corrected chi connectivity index (χ2v) is 8.51. The van der Waals surface area contributed by atoms with Crippen LogP contribution in [0.3, 0.4) is 0 Å². The molecular weight excluding hydrogens is 576 g/mol. The van der Waals surface area contributed by atoms with E-state index in [4.69, 9.17) is 0 Å². The van der Waals surface area contributed by atoms with Gasteiger partial charge >= 0.3 is 18.7 Å². The Hall–Kier alpha value is -4.36. The fourth-order valence-electron chi connectivity index (χ4n) is 3.55. The van der Waals surface area contributed by atoms with Crippen LogP contribution in [0.5, 0.6) is 5.75 Å². The van der Waals surface area contributed by atoms with Crippen molar-refractivity contribution in [3.8, 4) is 5.75 Å². The molecule has 0 aliphatic carbocycles. The lowest BCUT2D eigenvalue weighted by atomic mass is 9.95. The zero-order valence-electron chi connectivity index (χ0n) is 20.5. The molecule has 0 fully saturated rings. The number of rotatable bonds is 9. The summed E-state index contributed by atoms with van der Waals surface area (Å²) in [5.74, 6) is -6.74. The number of amides is 1. The fourth-order valence-corrected chi connectivity index (χ4v) is 3.55. The summed E-state index contributed by atoms with van der Waals surface area (Å²) in [6.07, 6.45) is -12.5. The standard InChI is InChI=1S/C27H17F10NO3/c1-13(39)2-3-14-8-15(4-6-21(14)29)23(17-9-18(28)12-19(10-17)41-27(36,37)25(31)32)38-24(40)16-5-7-22(30)20(11-16)26(33,34)35/h2-12,23,25H,1H3,(H,38,40)/b3-2+. The molecule has 3 rings (SSSR count). The minimum atomic E-state index is -5.18. The lowest BCUT2D eigenvalue weighted by Crippen LogP contribution is -2.33. The average Bonchev–Trinajstić information content (AvgIpc) is 2.85. The van der Waals surface area contributed by atoms with Crippen LogP contribution < -0.4 is 10.1 Å². The van der Waals surface area contributed by atoms with Crippen LogP contribution in [0, 0.1) is 17.5 Å². The summed E-state index contributed by atoms with van der Waals surface area (Å²) < 4.78 is 138. The maximum absolute atomic E-state index is 14.4. The first-order chi connectivity index (χ1) is 19.0. The van der Waals surface area contributed by atoms with E-state index in [0.29, 0.717) is 30.3 Å². The lowest BCUT2D eigenvalue weighted by Gasteiger charge is -2.23. The van der Waals surface area contributed by atoms with E-state index in [1.807, 2.05) is 0 Å². The van der Waals surface area contributed by atoms with Gasteiger partial charge in [0.15, 0.2) is 5.78 Å². The van der Waals surface area contributed by atoms with Crippen LogP contribution in [-0.4, -0.2) is 24.2 Å². The minimum Gasteiger partial charge on any atom is -0.428 e. The first-order valence-electron chi connectivity index (χ1n) is 11.3. The van der Waals surface area contributed by atoms with Gasteiger partial charge in [-0.15, -0.1) is 0 Å². The number of ether oxygens (including phenoxy) is 1. The van der Waals surface area contributed by atoms with Crippen molar-refractivity contribution in [3.63, 3.8) is 0 Å². The summed E-state index contributed by atoms with van der Waals surface area (Å²) in [4.78, 5) is 24.3. The number of carbonyl (C=O) groups excluding carboxylic acids is 2. The average molecular weight is 593 g/mol. The second-order valence-electron chi connectivity index (χ2n) is 8.51. The highest BCUT2D eigenvalue weighted by atomic mass is 19.4. The van der Waals surface area contributed by atoms with Gasteiger partial charge in [0, 0.05) is 17.2 Å². The van der Waals surface area contributed by atoms with Crippen LogP contribution in [0.4, 0.5) is 43.9 Å². The monoisotopic (exact) mass is 593 g/mol. The number of hydrogen-bond donors (Lipinski definition) is 1. The summed E-state index contributed by atoms with van der Waals surface area (Å²) >= 11 is 0. The third-order valence-electron chi connectivity index (χ3n) is 5.40. The highest BCUT2D eigenvalue weighted by molar-refractivity contribution is 5.95. The van der Waals surface area contributed by atoms with E-state index in [1.165, 1.54) is 0 Å². The second kappa shape index (κ2) is 12.0. The van der Waals surface area contributed by atoms with Crippen molar-refractivity contribution in [1.82, 2.24) is 5.32 Å². The van der Waals surface area contributed by atoms with Gasteiger partial charge in [-0.1, -0.05) is 6.07 Å².